The predicted molar refractivity (Wildman–Crippen MR) is 119 cm³/mol. The summed E-state index contributed by atoms with van der Waals surface area (Å²) < 4.78 is 10.3. The Balaban J connectivity index is 2.21. The van der Waals surface area contributed by atoms with Gasteiger partial charge in [0, 0.05) is 37.3 Å². The number of hydrogen-bond donors (Lipinski definition) is 1. The van der Waals surface area contributed by atoms with Gasteiger partial charge in [-0.1, -0.05) is 45.0 Å². The van der Waals surface area contributed by atoms with Crippen LogP contribution in [0.15, 0.2) is 58.2 Å². The number of methoxy groups -OCH3 is 2. The van der Waals surface area contributed by atoms with Gasteiger partial charge >= 0.3 is 0 Å². The minimum Gasteiger partial charge on any atom is -0.497 e. The molecule has 0 amide bonds. The Kier molecular flexibility index (Phi) is 9.29. The molecule has 0 fully saturated rings. The van der Waals surface area contributed by atoms with Crippen LogP contribution in [0.4, 0.5) is 0 Å². The van der Waals surface area contributed by atoms with Gasteiger partial charge in [0.15, 0.2) is 6.29 Å². The predicted octanol–water partition coefficient (Wildman–Crippen LogP) is 5.19. The lowest BCUT2D eigenvalue weighted by molar-refractivity contribution is -0.0769. The van der Waals surface area contributed by atoms with Gasteiger partial charge in [0.2, 0.25) is 0 Å². The summed E-state index contributed by atoms with van der Waals surface area (Å²) in [5.74, 6) is 2.27. The first-order chi connectivity index (χ1) is 14.0. The molecule has 1 aromatic rings. The van der Waals surface area contributed by atoms with Crippen molar-refractivity contribution in [3.05, 3.63) is 59.4 Å². The van der Waals surface area contributed by atoms with Crippen LogP contribution in [0.2, 0.25) is 0 Å². The molecule has 0 saturated carbocycles. The normalized spacial score (nSPS) is 20.5. The molecular formula is C24H34N2O3. The second-order valence-corrected chi connectivity index (χ2v) is 7.29. The van der Waals surface area contributed by atoms with Crippen molar-refractivity contribution in [3.8, 4) is 0 Å². The number of allylic oxidation sites excluding steroid dienone is 3. The monoisotopic (exact) mass is 398 g/mol. The molecule has 0 heterocycles. The first-order valence-electron chi connectivity index (χ1n) is 10.4. The lowest BCUT2D eigenvalue weighted by Crippen LogP contribution is -2.15. The standard InChI is InChI=1S/C24H34N2O3/c1-6-14-25-23(26-22-13-12-21(28-4)15-17(22)3)16-18(7-2)19-8-10-20(11-9-19)24(27)29-5/h8-13,15,17-18,24,27H,6-7,14,16H2,1-5H3. The van der Waals surface area contributed by atoms with E-state index in [9.17, 15) is 5.11 Å². The first kappa shape index (κ1) is 23.0. The minimum absolute atomic E-state index is 0.191. The van der Waals surface area contributed by atoms with Crippen LogP contribution in [0.1, 0.15) is 63.4 Å². The summed E-state index contributed by atoms with van der Waals surface area (Å²) in [5, 5.41) is 9.82. The van der Waals surface area contributed by atoms with E-state index in [0.717, 1.165) is 48.7 Å². The zero-order valence-electron chi connectivity index (χ0n) is 18.3. The smallest absolute Gasteiger partial charge is 0.180 e. The van der Waals surface area contributed by atoms with Crippen LogP contribution < -0.4 is 0 Å². The summed E-state index contributed by atoms with van der Waals surface area (Å²) >= 11 is 0. The number of amidine groups is 1. The third-order valence-corrected chi connectivity index (χ3v) is 5.15. The Bertz CT molecular complexity index is 763. The van der Waals surface area contributed by atoms with E-state index in [1.54, 1.807) is 7.11 Å². The van der Waals surface area contributed by atoms with Gasteiger partial charge in [0.25, 0.3) is 0 Å². The fraction of sp³-hybridized carbons (Fsp3) is 0.500. The molecule has 0 aliphatic heterocycles. The number of aliphatic hydroxyl groups is 1. The average molecular weight is 399 g/mol. The van der Waals surface area contributed by atoms with Crippen molar-refractivity contribution >= 4 is 11.5 Å². The summed E-state index contributed by atoms with van der Waals surface area (Å²) in [5.41, 5.74) is 2.99. The number of nitrogens with zero attached hydrogens (tertiary/aromatic N) is 2. The van der Waals surface area contributed by atoms with Crippen LogP contribution in [0.3, 0.4) is 0 Å². The Morgan fingerprint density at radius 2 is 1.79 bits per heavy atom. The van der Waals surface area contributed by atoms with Crippen molar-refractivity contribution in [2.45, 2.75) is 52.2 Å². The third kappa shape index (κ3) is 6.65. The molecule has 1 aromatic carbocycles. The van der Waals surface area contributed by atoms with Crippen LogP contribution in [-0.4, -0.2) is 37.4 Å². The summed E-state index contributed by atoms with van der Waals surface area (Å²) in [7, 11) is 3.18. The molecule has 0 bridgehead atoms. The van der Waals surface area contributed by atoms with E-state index >= 15 is 0 Å². The summed E-state index contributed by atoms with van der Waals surface area (Å²) in [6.45, 7) is 7.21. The van der Waals surface area contributed by atoms with Crippen LogP contribution in [-0.2, 0) is 9.47 Å². The van der Waals surface area contributed by atoms with Crippen molar-refractivity contribution in [2.24, 2.45) is 15.9 Å². The Labute approximate surface area is 174 Å². The van der Waals surface area contributed by atoms with Crippen LogP contribution >= 0.6 is 0 Å². The lowest BCUT2D eigenvalue weighted by atomic mass is 9.91. The molecule has 3 unspecified atom stereocenters. The summed E-state index contributed by atoms with van der Waals surface area (Å²) in [6, 6.07) is 7.97. The molecule has 5 nitrogen and oxygen atoms in total. The average Bonchev–Trinajstić information content (AvgIpc) is 2.76. The Morgan fingerprint density at radius 3 is 2.34 bits per heavy atom. The highest BCUT2D eigenvalue weighted by Crippen LogP contribution is 2.26. The maximum Gasteiger partial charge on any atom is 0.180 e. The van der Waals surface area contributed by atoms with Gasteiger partial charge in [-0.05, 0) is 42.6 Å². The molecular weight excluding hydrogens is 364 g/mol. The molecule has 1 aliphatic rings. The zero-order valence-corrected chi connectivity index (χ0v) is 18.3. The minimum atomic E-state index is -0.887. The molecule has 5 heteroatoms. The lowest BCUT2D eigenvalue weighted by Gasteiger charge is -2.18. The molecule has 1 N–H and O–H groups in total. The van der Waals surface area contributed by atoms with E-state index in [1.807, 2.05) is 24.3 Å². The van der Waals surface area contributed by atoms with Crippen LogP contribution in [0.5, 0.6) is 0 Å². The van der Waals surface area contributed by atoms with Gasteiger partial charge in [-0.2, -0.15) is 0 Å². The number of aliphatic hydroxyl groups excluding tert-OH is 1. The number of ether oxygens (including phenoxy) is 2. The van der Waals surface area contributed by atoms with Crippen molar-refractivity contribution in [1.82, 2.24) is 0 Å². The van der Waals surface area contributed by atoms with Crippen molar-refractivity contribution in [1.29, 1.82) is 0 Å². The van der Waals surface area contributed by atoms with E-state index in [4.69, 9.17) is 19.5 Å². The largest absolute Gasteiger partial charge is 0.497 e. The van der Waals surface area contributed by atoms with Crippen molar-refractivity contribution in [3.63, 3.8) is 0 Å². The fourth-order valence-electron chi connectivity index (χ4n) is 3.30. The molecule has 0 aromatic heterocycles. The fourth-order valence-corrected chi connectivity index (χ4v) is 3.30. The second-order valence-electron chi connectivity index (χ2n) is 7.29. The number of benzene rings is 1. The second kappa shape index (κ2) is 11.7. The zero-order chi connectivity index (χ0) is 21.2. The first-order valence-corrected chi connectivity index (χ1v) is 10.4. The van der Waals surface area contributed by atoms with Gasteiger partial charge in [-0.25, -0.2) is 4.99 Å². The van der Waals surface area contributed by atoms with E-state index in [1.165, 1.54) is 12.7 Å². The quantitative estimate of drug-likeness (QED) is 0.353. The molecule has 29 heavy (non-hydrogen) atoms. The van der Waals surface area contributed by atoms with Crippen molar-refractivity contribution < 1.29 is 14.6 Å². The van der Waals surface area contributed by atoms with E-state index in [2.05, 4.69) is 39.0 Å². The highest BCUT2D eigenvalue weighted by atomic mass is 16.6. The Hall–Kier alpha value is -2.24. The molecule has 158 valence electrons. The van der Waals surface area contributed by atoms with Gasteiger partial charge in [-0.15, -0.1) is 0 Å². The summed E-state index contributed by atoms with van der Waals surface area (Å²) in [6.07, 6.45) is 7.93. The van der Waals surface area contributed by atoms with E-state index in [0.29, 0.717) is 5.92 Å². The van der Waals surface area contributed by atoms with Gasteiger partial charge in [0.1, 0.15) is 11.6 Å². The Morgan fingerprint density at radius 1 is 1.10 bits per heavy atom. The maximum absolute atomic E-state index is 9.82. The number of aliphatic imine (C=N–C) groups is 2. The summed E-state index contributed by atoms with van der Waals surface area (Å²) in [4.78, 5) is 9.68. The highest BCUT2D eigenvalue weighted by Gasteiger charge is 2.17. The molecule has 0 spiro atoms. The SMILES string of the molecule is CCCN=C(CC(CC)c1ccc(C(O)OC)cc1)N=C1C=CC(OC)=CC1C. The highest BCUT2D eigenvalue weighted by molar-refractivity contribution is 6.06. The van der Waals surface area contributed by atoms with Gasteiger partial charge in [0.05, 0.1) is 7.11 Å². The van der Waals surface area contributed by atoms with Crippen LogP contribution in [0.25, 0.3) is 0 Å². The maximum atomic E-state index is 9.82. The number of rotatable bonds is 9. The number of hydrogen-bond acceptors (Lipinski definition) is 4. The van der Waals surface area contributed by atoms with Crippen molar-refractivity contribution in [2.75, 3.05) is 20.8 Å². The van der Waals surface area contributed by atoms with E-state index in [-0.39, 0.29) is 5.92 Å². The molecule has 3 atom stereocenters. The topological polar surface area (TPSA) is 63.4 Å². The molecule has 0 saturated heterocycles. The van der Waals surface area contributed by atoms with Gasteiger partial charge in [-0.3, -0.25) is 4.99 Å². The third-order valence-electron chi connectivity index (χ3n) is 5.15. The molecule has 0 radical (unpaired) electrons. The molecule has 1 aliphatic carbocycles. The van der Waals surface area contributed by atoms with Crippen LogP contribution in [0, 0.1) is 5.92 Å². The van der Waals surface area contributed by atoms with Gasteiger partial charge < -0.3 is 14.6 Å². The van der Waals surface area contributed by atoms with E-state index < -0.39 is 6.29 Å². The molecule has 2 rings (SSSR count).